The van der Waals surface area contributed by atoms with Crippen molar-refractivity contribution in [3.8, 4) is 0 Å². The minimum Gasteiger partial charge on any atom is -0.399 e. The van der Waals surface area contributed by atoms with Crippen molar-refractivity contribution in [3.63, 3.8) is 0 Å². The zero-order chi connectivity index (χ0) is 11.6. The Morgan fingerprint density at radius 3 is 2.81 bits per heavy atom. The molecule has 0 aliphatic rings. The third kappa shape index (κ3) is 2.14. The number of nitrogens with zero attached hydrogens (tertiary/aromatic N) is 1. The maximum Gasteiger partial charge on any atom is 0.278 e. The number of aromatic nitrogens is 2. The Morgan fingerprint density at radius 1 is 1.38 bits per heavy atom. The first kappa shape index (κ1) is 10.5. The Hall–Kier alpha value is -2.02. The van der Waals surface area contributed by atoms with Crippen LogP contribution < -0.4 is 10.5 Å². The maximum atomic E-state index is 11.8. The molecule has 0 atom stereocenters. The molecule has 1 aromatic heterocycles. The second kappa shape index (κ2) is 3.86. The third-order valence-electron chi connectivity index (χ3n) is 1.90. The highest BCUT2D eigenvalue weighted by Gasteiger charge is 2.15. The summed E-state index contributed by atoms with van der Waals surface area (Å²) in [6, 6.07) is 6.49. The van der Waals surface area contributed by atoms with Gasteiger partial charge in [0.05, 0.1) is 18.2 Å². The molecule has 1 aromatic carbocycles. The zero-order valence-electron chi connectivity index (χ0n) is 8.21. The quantitative estimate of drug-likeness (QED) is 0.688. The van der Waals surface area contributed by atoms with Gasteiger partial charge in [-0.25, -0.2) is 4.98 Å². The van der Waals surface area contributed by atoms with E-state index in [0.717, 1.165) is 0 Å². The fraction of sp³-hybridized carbons (Fsp3) is 0. The molecule has 0 amide bonds. The van der Waals surface area contributed by atoms with Gasteiger partial charge in [0.15, 0.2) is 5.03 Å². The average Bonchev–Trinajstić information content (AvgIpc) is 2.69. The van der Waals surface area contributed by atoms with Gasteiger partial charge < -0.3 is 10.7 Å². The summed E-state index contributed by atoms with van der Waals surface area (Å²) in [5.74, 6) is 0. The van der Waals surface area contributed by atoms with Gasteiger partial charge in [-0.3, -0.25) is 4.72 Å². The van der Waals surface area contributed by atoms with E-state index in [1.165, 1.54) is 18.6 Å². The van der Waals surface area contributed by atoms with Gasteiger partial charge in [0.2, 0.25) is 0 Å². The minimum atomic E-state index is -3.61. The number of rotatable bonds is 3. The van der Waals surface area contributed by atoms with Gasteiger partial charge in [-0.15, -0.1) is 0 Å². The van der Waals surface area contributed by atoms with E-state index >= 15 is 0 Å². The molecule has 0 bridgehead atoms. The van der Waals surface area contributed by atoms with Crippen molar-refractivity contribution in [1.82, 2.24) is 9.97 Å². The zero-order valence-corrected chi connectivity index (χ0v) is 9.03. The number of imidazole rings is 1. The van der Waals surface area contributed by atoms with Crippen molar-refractivity contribution in [3.05, 3.63) is 36.8 Å². The van der Waals surface area contributed by atoms with Crippen LogP contribution in [0.4, 0.5) is 11.4 Å². The van der Waals surface area contributed by atoms with Crippen LogP contribution >= 0.6 is 0 Å². The molecule has 0 fully saturated rings. The number of anilines is 2. The van der Waals surface area contributed by atoms with Gasteiger partial charge >= 0.3 is 0 Å². The van der Waals surface area contributed by atoms with Crippen LogP contribution in [0.5, 0.6) is 0 Å². The Morgan fingerprint density at radius 2 is 2.19 bits per heavy atom. The number of hydrogen-bond acceptors (Lipinski definition) is 4. The smallest absolute Gasteiger partial charge is 0.278 e. The summed E-state index contributed by atoms with van der Waals surface area (Å²) < 4.78 is 25.9. The third-order valence-corrected chi connectivity index (χ3v) is 3.21. The number of sulfonamides is 1. The van der Waals surface area contributed by atoms with Gasteiger partial charge in [-0.2, -0.15) is 8.42 Å². The summed E-state index contributed by atoms with van der Waals surface area (Å²) >= 11 is 0. The number of nitrogen functional groups attached to an aromatic ring is 1. The monoisotopic (exact) mass is 238 g/mol. The molecule has 1 heterocycles. The summed E-state index contributed by atoms with van der Waals surface area (Å²) in [5.41, 5.74) is 6.44. The number of aromatic amines is 1. The lowest BCUT2D eigenvalue weighted by atomic mass is 10.3. The standard InChI is InChI=1S/C9H10N4O2S/c10-7-2-1-3-8(4-7)13-16(14,15)9-5-11-6-12-9/h1-6,13H,10H2,(H,11,12). The van der Waals surface area contributed by atoms with Gasteiger partial charge in [-0.05, 0) is 18.2 Å². The van der Waals surface area contributed by atoms with E-state index in [9.17, 15) is 8.42 Å². The lowest BCUT2D eigenvalue weighted by molar-refractivity contribution is 0.598. The SMILES string of the molecule is Nc1cccc(NS(=O)(=O)c2cnc[nH]2)c1. The predicted octanol–water partition coefficient (Wildman–Crippen LogP) is 0.793. The fourth-order valence-corrected chi connectivity index (χ4v) is 2.16. The highest BCUT2D eigenvalue weighted by Crippen LogP contribution is 2.16. The number of H-pyrrole nitrogens is 1. The molecule has 4 N–H and O–H groups in total. The largest absolute Gasteiger partial charge is 0.399 e. The van der Waals surface area contributed by atoms with Crippen LogP contribution in [0.15, 0.2) is 41.8 Å². The first-order valence-corrected chi connectivity index (χ1v) is 5.93. The molecule has 2 aromatic rings. The van der Waals surface area contributed by atoms with E-state index in [0.29, 0.717) is 11.4 Å². The van der Waals surface area contributed by atoms with Crippen molar-refractivity contribution in [2.24, 2.45) is 0 Å². The second-order valence-electron chi connectivity index (χ2n) is 3.15. The van der Waals surface area contributed by atoms with E-state index in [1.807, 2.05) is 0 Å². The number of benzene rings is 1. The lowest BCUT2D eigenvalue weighted by Gasteiger charge is -2.06. The first-order chi connectivity index (χ1) is 7.58. The van der Waals surface area contributed by atoms with Crippen LogP contribution in [0.2, 0.25) is 0 Å². The van der Waals surface area contributed by atoms with Crippen LogP contribution in [-0.4, -0.2) is 18.4 Å². The maximum absolute atomic E-state index is 11.8. The van der Waals surface area contributed by atoms with E-state index in [4.69, 9.17) is 5.73 Å². The number of nitrogens with one attached hydrogen (secondary N) is 2. The molecule has 6 nitrogen and oxygen atoms in total. The predicted molar refractivity (Wildman–Crippen MR) is 60.3 cm³/mol. The number of nitrogens with two attached hydrogens (primary N) is 1. The second-order valence-corrected chi connectivity index (χ2v) is 4.80. The van der Waals surface area contributed by atoms with Crippen molar-refractivity contribution in [2.75, 3.05) is 10.5 Å². The Balaban J connectivity index is 2.29. The molecule has 0 aliphatic heterocycles. The van der Waals surface area contributed by atoms with Gasteiger partial charge in [0.1, 0.15) is 0 Å². The fourth-order valence-electron chi connectivity index (χ4n) is 1.20. The summed E-state index contributed by atoms with van der Waals surface area (Å²) in [6.45, 7) is 0. The van der Waals surface area contributed by atoms with Crippen molar-refractivity contribution < 1.29 is 8.42 Å². The van der Waals surface area contributed by atoms with Crippen molar-refractivity contribution in [2.45, 2.75) is 5.03 Å². The Bertz CT molecular complexity index is 577. The normalized spacial score (nSPS) is 11.2. The summed E-state index contributed by atoms with van der Waals surface area (Å²) in [6.07, 6.45) is 2.53. The molecule has 0 spiro atoms. The highest BCUT2D eigenvalue weighted by atomic mass is 32.2. The van der Waals surface area contributed by atoms with E-state index < -0.39 is 10.0 Å². The molecule has 0 aliphatic carbocycles. The average molecular weight is 238 g/mol. The summed E-state index contributed by atoms with van der Waals surface area (Å²) in [7, 11) is -3.61. The molecule has 0 unspecified atom stereocenters. The van der Waals surface area contributed by atoms with E-state index in [2.05, 4.69) is 14.7 Å². The van der Waals surface area contributed by atoms with E-state index in [1.54, 1.807) is 18.2 Å². The van der Waals surface area contributed by atoms with Crippen LogP contribution in [0, 0.1) is 0 Å². The molecular weight excluding hydrogens is 228 g/mol. The lowest BCUT2D eigenvalue weighted by Crippen LogP contribution is -2.13. The molecule has 2 rings (SSSR count). The first-order valence-electron chi connectivity index (χ1n) is 4.45. The molecule has 84 valence electrons. The topological polar surface area (TPSA) is 101 Å². The molecule has 16 heavy (non-hydrogen) atoms. The highest BCUT2D eigenvalue weighted by molar-refractivity contribution is 7.92. The molecule has 7 heteroatoms. The molecular formula is C9H10N4O2S. The Labute approximate surface area is 92.6 Å². The van der Waals surface area contributed by atoms with Gasteiger partial charge in [0.25, 0.3) is 10.0 Å². The number of hydrogen-bond donors (Lipinski definition) is 3. The van der Waals surface area contributed by atoms with Crippen molar-refractivity contribution >= 4 is 21.4 Å². The van der Waals surface area contributed by atoms with Crippen LogP contribution in [0.25, 0.3) is 0 Å². The summed E-state index contributed by atoms with van der Waals surface area (Å²) in [4.78, 5) is 6.17. The van der Waals surface area contributed by atoms with E-state index in [-0.39, 0.29) is 5.03 Å². The van der Waals surface area contributed by atoms with Gasteiger partial charge in [0, 0.05) is 5.69 Å². The molecule has 0 saturated heterocycles. The molecule has 0 radical (unpaired) electrons. The minimum absolute atomic E-state index is 0.00919. The van der Waals surface area contributed by atoms with Crippen LogP contribution in [0.1, 0.15) is 0 Å². The van der Waals surface area contributed by atoms with Gasteiger partial charge in [-0.1, -0.05) is 6.07 Å². The van der Waals surface area contributed by atoms with Crippen LogP contribution in [-0.2, 0) is 10.0 Å². The van der Waals surface area contributed by atoms with Crippen LogP contribution in [0.3, 0.4) is 0 Å². The van der Waals surface area contributed by atoms with Crippen molar-refractivity contribution in [1.29, 1.82) is 0 Å². The summed E-state index contributed by atoms with van der Waals surface area (Å²) in [5, 5.41) is 0.00919. The molecule has 0 saturated carbocycles. The Kier molecular flexibility index (Phi) is 2.53.